The van der Waals surface area contributed by atoms with E-state index in [9.17, 15) is 19.8 Å². The van der Waals surface area contributed by atoms with Gasteiger partial charge in [-0.15, -0.1) is 0 Å². The normalized spacial score (nSPS) is 34.1. The van der Waals surface area contributed by atoms with Gasteiger partial charge in [0.25, 0.3) is 0 Å². The number of aromatic hydroxyl groups is 2. The topological polar surface area (TPSA) is 83.8 Å². The first-order valence-electron chi connectivity index (χ1n) is 12.3. The summed E-state index contributed by atoms with van der Waals surface area (Å²) in [6.45, 7) is 13.4. The van der Waals surface area contributed by atoms with Crippen LogP contribution in [0.2, 0.25) is 0 Å². The predicted molar refractivity (Wildman–Crippen MR) is 128 cm³/mol. The molecule has 2 aliphatic carbocycles. The maximum atomic E-state index is 12.0. The maximum absolute atomic E-state index is 12.0. The van der Waals surface area contributed by atoms with Crippen molar-refractivity contribution in [2.24, 2.45) is 28.6 Å². The van der Waals surface area contributed by atoms with E-state index in [2.05, 4.69) is 47.6 Å². The quantitative estimate of drug-likeness (QED) is 0.405. The van der Waals surface area contributed by atoms with Crippen molar-refractivity contribution in [3.05, 3.63) is 28.3 Å². The Balaban J connectivity index is 1.89. The number of phenols is 2. The number of fused-ring (bicyclic) bond motifs is 3. The summed E-state index contributed by atoms with van der Waals surface area (Å²) in [6, 6.07) is 0. The highest BCUT2D eigenvalue weighted by molar-refractivity contribution is 5.95. The van der Waals surface area contributed by atoms with Crippen LogP contribution in [0.15, 0.2) is 11.6 Å². The van der Waals surface area contributed by atoms with Crippen LogP contribution in [-0.2, 0) is 0 Å². The van der Waals surface area contributed by atoms with Gasteiger partial charge in [0.05, 0.1) is 11.1 Å². The average molecular weight is 455 g/mol. The lowest BCUT2D eigenvalue weighted by atomic mass is 9.61. The van der Waals surface area contributed by atoms with E-state index in [0.717, 1.165) is 32.1 Å². The molecule has 5 nitrogen and oxygen atoms in total. The third-order valence-corrected chi connectivity index (χ3v) is 8.99. The van der Waals surface area contributed by atoms with Crippen LogP contribution in [0.4, 0.5) is 0 Å². The zero-order valence-corrected chi connectivity index (χ0v) is 20.8. The summed E-state index contributed by atoms with van der Waals surface area (Å²) in [4.78, 5) is 23.8. The third kappa shape index (κ3) is 3.68. The molecule has 0 spiro atoms. The van der Waals surface area contributed by atoms with E-state index in [1.807, 2.05) is 0 Å². The van der Waals surface area contributed by atoms with Crippen molar-refractivity contribution in [3.8, 4) is 17.2 Å². The largest absolute Gasteiger partial charge is 0.507 e. The van der Waals surface area contributed by atoms with Crippen LogP contribution < -0.4 is 4.74 Å². The van der Waals surface area contributed by atoms with Gasteiger partial charge in [-0.25, -0.2) is 0 Å². The van der Waals surface area contributed by atoms with Crippen LogP contribution in [0.25, 0.3) is 0 Å². The summed E-state index contributed by atoms with van der Waals surface area (Å²) in [5.74, 6) is 0.955. The average Bonchev–Trinajstić information content (AvgIpc) is 3.25. The van der Waals surface area contributed by atoms with E-state index in [1.54, 1.807) is 0 Å². The molecular formula is C28H38O5. The lowest BCUT2D eigenvalue weighted by molar-refractivity contribution is -0.00753. The van der Waals surface area contributed by atoms with Gasteiger partial charge in [0, 0.05) is 16.9 Å². The number of carbonyl (C=O) groups excluding carboxylic acids is 2. The molecule has 2 N–H and O–H groups in total. The van der Waals surface area contributed by atoms with Gasteiger partial charge < -0.3 is 14.9 Å². The summed E-state index contributed by atoms with van der Waals surface area (Å²) in [5.41, 5.74) is 1.64. The Morgan fingerprint density at radius 2 is 1.76 bits per heavy atom. The Labute approximate surface area is 197 Å². The summed E-state index contributed by atoms with van der Waals surface area (Å²) in [5, 5.41) is 21.7. The van der Waals surface area contributed by atoms with Crippen molar-refractivity contribution in [2.75, 3.05) is 0 Å². The molecule has 5 atom stereocenters. The molecule has 33 heavy (non-hydrogen) atoms. The second kappa shape index (κ2) is 8.18. The van der Waals surface area contributed by atoms with Crippen LogP contribution in [0.1, 0.15) is 106 Å². The number of rotatable bonds is 4. The number of allylic oxidation sites excluding steroid dienone is 2. The molecule has 1 aliphatic heterocycles. The number of aldehydes is 2. The van der Waals surface area contributed by atoms with Gasteiger partial charge in [0.1, 0.15) is 23.4 Å². The summed E-state index contributed by atoms with van der Waals surface area (Å²) in [6.07, 6.45) is 7.81. The van der Waals surface area contributed by atoms with Crippen molar-refractivity contribution in [1.82, 2.24) is 0 Å². The zero-order chi connectivity index (χ0) is 24.3. The molecule has 1 heterocycles. The maximum Gasteiger partial charge on any atom is 0.157 e. The SMILES string of the molecule is C/C1=C\C2C(CC[C@H]3Oc4c(C=O)c(O)c(C=O)c(O)c4[C@@H](CC(C)C)[C@]3(C)CC1)C2(C)C. The molecule has 1 aromatic rings. The molecule has 0 radical (unpaired) electrons. The molecule has 3 aliphatic rings. The molecule has 0 aromatic heterocycles. The minimum Gasteiger partial charge on any atom is -0.507 e. The molecule has 1 aromatic carbocycles. The van der Waals surface area contributed by atoms with Gasteiger partial charge in [-0.2, -0.15) is 0 Å². The van der Waals surface area contributed by atoms with Crippen molar-refractivity contribution >= 4 is 12.6 Å². The number of hydrogen-bond donors (Lipinski definition) is 2. The van der Waals surface area contributed by atoms with E-state index in [0.29, 0.717) is 35.9 Å². The Morgan fingerprint density at radius 1 is 1.09 bits per heavy atom. The fourth-order valence-electron chi connectivity index (χ4n) is 6.70. The summed E-state index contributed by atoms with van der Waals surface area (Å²) < 4.78 is 6.55. The van der Waals surface area contributed by atoms with Crippen molar-refractivity contribution in [3.63, 3.8) is 0 Å². The molecule has 180 valence electrons. The minimum absolute atomic E-state index is 0.0292. The fraction of sp³-hybridized carbons (Fsp3) is 0.643. The van der Waals surface area contributed by atoms with Gasteiger partial charge >= 0.3 is 0 Å². The lowest BCUT2D eigenvalue weighted by Crippen LogP contribution is -2.46. The van der Waals surface area contributed by atoms with E-state index in [1.165, 1.54) is 5.57 Å². The van der Waals surface area contributed by atoms with E-state index < -0.39 is 5.75 Å². The second-order valence-electron chi connectivity index (χ2n) is 11.8. The van der Waals surface area contributed by atoms with Gasteiger partial charge in [0.15, 0.2) is 12.6 Å². The Kier molecular flexibility index (Phi) is 5.91. The summed E-state index contributed by atoms with van der Waals surface area (Å²) in [7, 11) is 0. The number of benzene rings is 1. The predicted octanol–water partition coefficient (Wildman–Crippen LogP) is 6.41. The highest BCUT2D eigenvalue weighted by Gasteiger charge is 2.57. The highest BCUT2D eigenvalue weighted by Crippen LogP contribution is 2.64. The smallest absolute Gasteiger partial charge is 0.157 e. The molecule has 0 amide bonds. The van der Waals surface area contributed by atoms with Gasteiger partial charge in [0.2, 0.25) is 0 Å². The molecule has 5 heteroatoms. The molecule has 4 rings (SSSR count). The monoisotopic (exact) mass is 454 g/mol. The number of carbonyl (C=O) groups is 2. The number of ether oxygens (including phenoxy) is 1. The molecule has 0 saturated heterocycles. The van der Waals surface area contributed by atoms with Crippen LogP contribution in [0.5, 0.6) is 17.2 Å². The van der Waals surface area contributed by atoms with Gasteiger partial charge in [-0.05, 0) is 62.2 Å². The van der Waals surface area contributed by atoms with E-state index in [4.69, 9.17) is 4.74 Å². The first-order chi connectivity index (χ1) is 15.5. The Hall–Kier alpha value is -2.30. The van der Waals surface area contributed by atoms with Crippen LogP contribution in [-0.4, -0.2) is 28.9 Å². The summed E-state index contributed by atoms with van der Waals surface area (Å²) >= 11 is 0. The van der Waals surface area contributed by atoms with Gasteiger partial charge in [-0.3, -0.25) is 9.59 Å². The standard InChI is InChI=1S/C28H38O5/c1-15(2)11-21-23-25(32)17(13-29)24(31)18(14-30)26(23)33-22-8-7-19-20(27(19,4)5)12-16(3)9-10-28(21,22)6/h12-15,19-22,31-32H,7-11H2,1-6H3/b16-12+/t19?,20?,21-,22-,28+/m1/s1. The van der Waals surface area contributed by atoms with Crippen molar-refractivity contribution in [1.29, 1.82) is 0 Å². The van der Waals surface area contributed by atoms with Crippen molar-refractivity contribution in [2.45, 2.75) is 85.7 Å². The first-order valence-corrected chi connectivity index (χ1v) is 12.3. The lowest BCUT2D eigenvalue weighted by Gasteiger charge is -2.50. The molecule has 2 unspecified atom stereocenters. The first kappa shape index (κ1) is 23.8. The third-order valence-electron chi connectivity index (χ3n) is 8.99. The van der Waals surface area contributed by atoms with Crippen molar-refractivity contribution < 1.29 is 24.5 Å². The van der Waals surface area contributed by atoms with Crippen LogP contribution in [0, 0.1) is 28.6 Å². The van der Waals surface area contributed by atoms with Crippen LogP contribution >= 0.6 is 0 Å². The highest BCUT2D eigenvalue weighted by atomic mass is 16.5. The molecule has 1 fully saturated rings. The number of hydrogen-bond acceptors (Lipinski definition) is 5. The Morgan fingerprint density at radius 3 is 2.36 bits per heavy atom. The minimum atomic E-state index is -0.495. The van der Waals surface area contributed by atoms with E-state index in [-0.39, 0.29) is 45.5 Å². The second-order valence-corrected chi connectivity index (χ2v) is 11.8. The molecular weight excluding hydrogens is 416 g/mol. The fourth-order valence-corrected chi connectivity index (χ4v) is 6.70. The van der Waals surface area contributed by atoms with Gasteiger partial charge in [-0.1, -0.05) is 46.3 Å². The van der Waals surface area contributed by atoms with E-state index >= 15 is 0 Å². The molecule has 1 saturated carbocycles. The Bertz CT molecular complexity index is 1000. The number of phenolic OH excluding ortho intramolecular Hbond substituents is 2. The zero-order valence-electron chi connectivity index (χ0n) is 20.8. The van der Waals surface area contributed by atoms with Crippen LogP contribution in [0.3, 0.4) is 0 Å². The molecule has 0 bridgehead atoms.